The highest BCUT2D eigenvalue weighted by Crippen LogP contribution is 2.52. The van der Waals surface area contributed by atoms with Crippen LogP contribution in [0, 0.1) is 0 Å². The summed E-state index contributed by atoms with van der Waals surface area (Å²) in [6.45, 7) is 4.30. The van der Waals surface area contributed by atoms with Crippen molar-refractivity contribution in [3.63, 3.8) is 0 Å². The number of fused-ring (bicyclic) bond motifs is 3. The first kappa shape index (κ1) is 17.9. The Balaban J connectivity index is 1.84. The monoisotopic (exact) mass is 388 g/mol. The van der Waals surface area contributed by atoms with Crippen LogP contribution in [0.4, 0.5) is 13.2 Å². The summed E-state index contributed by atoms with van der Waals surface area (Å²) in [5.41, 5.74) is 6.12. The molecular weight excluding hydrogens is 373 g/mol. The first-order valence-electron chi connectivity index (χ1n) is 8.47. The molecule has 3 aromatic rings. The Labute approximate surface area is 160 Å². The number of hydrogen-bond acceptors (Lipinski definition) is 1. The highest BCUT2D eigenvalue weighted by Gasteiger charge is 2.37. The van der Waals surface area contributed by atoms with Crippen molar-refractivity contribution in [2.24, 2.45) is 0 Å². The molecule has 0 N–H and O–H groups in total. The molecule has 0 atom stereocenters. The minimum Gasteiger partial charge on any atom is -0.406 e. The maximum Gasteiger partial charge on any atom is 0.573 e. The molecule has 0 aliphatic heterocycles. The highest BCUT2D eigenvalue weighted by atomic mass is 35.5. The molecule has 0 radical (unpaired) electrons. The number of hydrogen-bond donors (Lipinski definition) is 0. The van der Waals surface area contributed by atoms with E-state index in [1.807, 2.05) is 30.3 Å². The molecular formula is C22H16ClF3O. The quantitative estimate of drug-likeness (QED) is 0.450. The van der Waals surface area contributed by atoms with Crippen molar-refractivity contribution in [2.75, 3.05) is 0 Å². The predicted octanol–water partition coefficient (Wildman–Crippen LogP) is 7.21. The predicted molar refractivity (Wildman–Crippen MR) is 101 cm³/mol. The molecule has 0 unspecified atom stereocenters. The maximum atomic E-state index is 12.4. The van der Waals surface area contributed by atoms with Crippen molar-refractivity contribution in [1.82, 2.24) is 0 Å². The van der Waals surface area contributed by atoms with E-state index in [2.05, 4.69) is 24.7 Å². The van der Waals surface area contributed by atoms with Crippen molar-refractivity contribution in [1.29, 1.82) is 0 Å². The van der Waals surface area contributed by atoms with E-state index >= 15 is 0 Å². The topological polar surface area (TPSA) is 9.23 Å². The van der Waals surface area contributed by atoms with Crippen molar-refractivity contribution < 1.29 is 17.9 Å². The van der Waals surface area contributed by atoms with E-state index in [0.29, 0.717) is 5.02 Å². The third kappa shape index (κ3) is 3.08. The Morgan fingerprint density at radius 3 is 2.22 bits per heavy atom. The molecule has 1 aliphatic rings. The van der Waals surface area contributed by atoms with Crippen LogP contribution >= 0.6 is 11.6 Å². The summed E-state index contributed by atoms with van der Waals surface area (Å²) >= 11 is 6.21. The van der Waals surface area contributed by atoms with Gasteiger partial charge in [-0.3, -0.25) is 0 Å². The maximum absolute atomic E-state index is 12.4. The Kier molecular flexibility index (Phi) is 4.00. The molecule has 5 heteroatoms. The number of rotatable bonds is 2. The van der Waals surface area contributed by atoms with Gasteiger partial charge in [0.15, 0.2) is 0 Å². The summed E-state index contributed by atoms with van der Waals surface area (Å²) in [6.07, 6.45) is -4.70. The Bertz CT molecular complexity index is 1020. The van der Waals surface area contributed by atoms with Crippen LogP contribution < -0.4 is 4.74 Å². The molecule has 0 bridgehead atoms. The second-order valence-electron chi connectivity index (χ2n) is 7.12. The molecule has 4 rings (SSSR count). The Morgan fingerprint density at radius 1 is 0.852 bits per heavy atom. The van der Waals surface area contributed by atoms with E-state index in [9.17, 15) is 13.2 Å². The van der Waals surface area contributed by atoms with E-state index in [-0.39, 0.29) is 11.2 Å². The summed E-state index contributed by atoms with van der Waals surface area (Å²) in [4.78, 5) is 0. The molecule has 3 aromatic carbocycles. The minimum absolute atomic E-state index is 0.203. The van der Waals surface area contributed by atoms with Gasteiger partial charge >= 0.3 is 6.36 Å². The van der Waals surface area contributed by atoms with E-state index in [1.54, 1.807) is 12.1 Å². The van der Waals surface area contributed by atoms with Gasteiger partial charge in [-0.05, 0) is 57.6 Å². The van der Waals surface area contributed by atoms with Gasteiger partial charge in [0.2, 0.25) is 0 Å². The van der Waals surface area contributed by atoms with E-state index in [0.717, 1.165) is 27.8 Å². The van der Waals surface area contributed by atoms with Gasteiger partial charge in [-0.25, -0.2) is 0 Å². The normalized spacial score (nSPS) is 14.6. The van der Waals surface area contributed by atoms with Crippen molar-refractivity contribution in [3.05, 3.63) is 76.8 Å². The van der Waals surface area contributed by atoms with E-state index in [1.165, 1.54) is 17.7 Å². The minimum atomic E-state index is -4.70. The highest BCUT2D eigenvalue weighted by molar-refractivity contribution is 6.30. The molecule has 1 aliphatic carbocycles. The SMILES string of the molecule is CC1(C)c2cc(Cl)ccc2-c2c(-c3ccc(OC(F)(F)F)cc3)cccc21. The van der Waals surface area contributed by atoms with Gasteiger partial charge in [0, 0.05) is 10.4 Å². The number of halogens is 4. The van der Waals surface area contributed by atoms with Crippen LogP contribution in [0.1, 0.15) is 25.0 Å². The van der Waals surface area contributed by atoms with Crippen LogP contribution in [0.15, 0.2) is 60.7 Å². The molecule has 0 aromatic heterocycles. The standard InChI is InChI=1S/C22H16ClF3O/c1-21(2)18-5-3-4-16(20(18)17-11-8-14(23)12-19(17)21)13-6-9-15(10-7-13)27-22(24,25)26/h3-12H,1-2H3. The molecule has 27 heavy (non-hydrogen) atoms. The van der Waals surface area contributed by atoms with E-state index < -0.39 is 6.36 Å². The lowest BCUT2D eigenvalue weighted by Crippen LogP contribution is -2.16. The van der Waals surface area contributed by atoms with Crippen LogP contribution in [0.2, 0.25) is 5.02 Å². The fourth-order valence-electron chi connectivity index (χ4n) is 3.84. The second kappa shape index (κ2) is 6.03. The van der Waals surface area contributed by atoms with Gasteiger partial charge < -0.3 is 4.74 Å². The number of alkyl halides is 3. The average molecular weight is 389 g/mol. The first-order chi connectivity index (χ1) is 12.7. The zero-order valence-corrected chi connectivity index (χ0v) is 15.4. The zero-order chi connectivity index (χ0) is 19.4. The summed E-state index contributed by atoms with van der Waals surface area (Å²) in [5, 5.41) is 0.685. The van der Waals surface area contributed by atoms with Gasteiger partial charge in [-0.2, -0.15) is 0 Å². The molecule has 138 valence electrons. The summed E-state index contributed by atoms with van der Waals surface area (Å²) in [6, 6.07) is 17.9. The van der Waals surface area contributed by atoms with Crippen molar-refractivity contribution in [3.8, 4) is 28.0 Å². The number of benzene rings is 3. The zero-order valence-electron chi connectivity index (χ0n) is 14.7. The molecule has 0 saturated carbocycles. The average Bonchev–Trinajstić information content (AvgIpc) is 2.82. The fourth-order valence-corrected chi connectivity index (χ4v) is 4.01. The summed E-state index contributed by atoms with van der Waals surface area (Å²) in [5.74, 6) is -0.230. The molecule has 0 amide bonds. The molecule has 0 fully saturated rings. The van der Waals surface area contributed by atoms with Gasteiger partial charge in [0.05, 0.1) is 0 Å². The van der Waals surface area contributed by atoms with Crippen molar-refractivity contribution in [2.45, 2.75) is 25.6 Å². The molecule has 0 saturated heterocycles. The van der Waals surface area contributed by atoms with Gasteiger partial charge in [-0.1, -0.05) is 61.8 Å². The first-order valence-corrected chi connectivity index (χ1v) is 8.85. The molecule has 0 heterocycles. The summed E-state index contributed by atoms with van der Waals surface area (Å²) in [7, 11) is 0. The Morgan fingerprint density at radius 2 is 1.56 bits per heavy atom. The second-order valence-corrected chi connectivity index (χ2v) is 7.55. The fraction of sp³-hybridized carbons (Fsp3) is 0.182. The van der Waals surface area contributed by atoms with Crippen LogP contribution in [0.3, 0.4) is 0 Å². The lowest BCUT2D eigenvalue weighted by atomic mass is 9.82. The van der Waals surface area contributed by atoms with E-state index in [4.69, 9.17) is 11.6 Å². The third-order valence-electron chi connectivity index (χ3n) is 5.06. The largest absolute Gasteiger partial charge is 0.573 e. The molecule has 1 nitrogen and oxygen atoms in total. The molecule has 0 spiro atoms. The van der Waals surface area contributed by atoms with Crippen LogP contribution in [0.25, 0.3) is 22.3 Å². The van der Waals surface area contributed by atoms with Gasteiger partial charge in [0.1, 0.15) is 5.75 Å². The van der Waals surface area contributed by atoms with Gasteiger partial charge in [0.25, 0.3) is 0 Å². The lowest BCUT2D eigenvalue weighted by Gasteiger charge is -2.21. The van der Waals surface area contributed by atoms with Crippen molar-refractivity contribution >= 4 is 11.6 Å². The van der Waals surface area contributed by atoms with Crippen LogP contribution in [-0.4, -0.2) is 6.36 Å². The van der Waals surface area contributed by atoms with Gasteiger partial charge in [-0.15, -0.1) is 13.2 Å². The lowest BCUT2D eigenvalue weighted by molar-refractivity contribution is -0.274. The third-order valence-corrected chi connectivity index (χ3v) is 5.30. The Hall–Kier alpha value is -2.46. The van der Waals surface area contributed by atoms with Crippen LogP contribution in [-0.2, 0) is 5.41 Å². The summed E-state index contributed by atoms with van der Waals surface area (Å²) < 4.78 is 41.2. The van der Waals surface area contributed by atoms with Crippen LogP contribution in [0.5, 0.6) is 5.75 Å². The smallest absolute Gasteiger partial charge is 0.406 e. The number of ether oxygens (including phenoxy) is 1.